The quantitative estimate of drug-likeness (QED) is 0.285. The zero-order valence-electron chi connectivity index (χ0n) is 19.2. The predicted molar refractivity (Wildman–Crippen MR) is 142 cm³/mol. The maximum Gasteiger partial charge on any atom is 0.191 e. The van der Waals surface area contributed by atoms with Crippen LogP contribution >= 0.6 is 35.7 Å². The van der Waals surface area contributed by atoms with E-state index >= 15 is 0 Å². The molecule has 3 rings (SSSR count). The van der Waals surface area contributed by atoms with Gasteiger partial charge in [-0.1, -0.05) is 18.6 Å². The fourth-order valence-corrected chi connectivity index (χ4v) is 5.16. The third kappa shape index (κ3) is 7.68. The average Bonchev–Trinajstić information content (AvgIpc) is 2.83. The Bertz CT molecular complexity index is 662. The minimum absolute atomic E-state index is 0. The molecule has 0 saturated carbocycles. The SMILES string of the molecule is CN=C(NCC(c1ccc(OC)cc1)N1CCCCC1)NCC1(SC)CCOCC1.I. The molecular weight excluding hydrogens is 523 g/mol. The standard InChI is InChI=1S/C23H38N4O2S.HI/c1-24-22(26-18-23(30-3)11-15-29-16-12-23)25-17-21(27-13-5-4-6-14-27)19-7-9-20(28-2)10-8-19;/h7-10,21H,4-6,11-18H2,1-3H3,(H2,24,25,26);1H. The Balaban J connectivity index is 0.00000341. The van der Waals surface area contributed by atoms with Crippen LogP contribution in [0.5, 0.6) is 5.75 Å². The summed E-state index contributed by atoms with van der Waals surface area (Å²) in [6.07, 6.45) is 8.26. The highest BCUT2D eigenvalue weighted by molar-refractivity contribution is 14.0. The molecule has 0 aliphatic carbocycles. The van der Waals surface area contributed by atoms with Crippen LogP contribution in [0, 0.1) is 0 Å². The van der Waals surface area contributed by atoms with Gasteiger partial charge in [0, 0.05) is 38.1 Å². The molecule has 0 amide bonds. The van der Waals surface area contributed by atoms with Gasteiger partial charge in [0.1, 0.15) is 5.75 Å². The first kappa shape index (κ1) is 26.5. The van der Waals surface area contributed by atoms with E-state index in [-0.39, 0.29) is 28.7 Å². The zero-order valence-corrected chi connectivity index (χ0v) is 22.3. The third-order valence-electron chi connectivity index (χ3n) is 6.43. The van der Waals surface area contributed by atoms with E-state index in [1.165, 1.54) is 24.8 Å². The molecule has 2 aliphatic heterocycles. The third-order valence-corrected chi connectivity index (χ3v) is 7.85. The molecule has 8 heteroatoms. The molecule has 0 aromatic heterocycles. The fourth-order valence-electron chi connectivity index (χ4n) is 4.37. The summed E-state index contributed by atoms with van der Waals surface area (Å²) in [6, 6.07) is 8.84. The number of guanidine groups is 1. The van der Waals surface area contributed by atoms with Gasteiger partial charge in [-0.05, 0) is 62.7 Å². The van der Waals surface area contributed by atoms with Crippen LogP contribution in [0.2, 0.25) is 0 Å². The Hall–Kier alpha value is -0.710. The normalized spacial score (nSPS) is 20.4. The van der Waals surface area contributed by atoms with Gasteiger partial charge in [0.2, 0.25) is 0 Å². The van der Waals surface area contributed by atoms with Crippen LogP contribution in [0.3, 0.4) is 0 Å². The van der Waals surface area contributed by atoms with Crippen molar-refractivity contribution in [2.45, 2.75) is 42.9 Å². The molecule has 2 fully saturated rings. The van der Waals surface area contributed by atoms with Gasteiger partial charge in [0.05, 0.1) is 13.2 Å². The first-order chi connectivity index (χ1) is 14.7. The summed E-state index contributed by atoms with van der Waals surface area (Å²) in [4.78, 5) is 7.10. The number of methoxy groups -OCH3 is 1. The van der Waals surface area contributed by atoms with E-state index in [0.717, 1.165) is 63.9 Å². The molecule has 6 nitrogen and oxygen atoms in total. The van der Waals surface area contributed by atoms with Gasteiger partial charge in [-0.2, -0.15) is 11.8 Å². The minimum atomic E-state index is 0. The van der Waals surface area contributed by atoms with Crippen molar-refractivity contribution in [1.82, 2.24) is 15.5 Å². The molecule has 1 aromatic carbocycles. The van der Waals surface area contributed by atoms with Crippen LogP contribution in [0.1, 0.15) is 43.7 Å². The summed E-state index contributed by atoms with van der Waals surface area (Å²) < 4.78 is 11.2. The smallest absolute Gasteiger partial charge is 0.191 e. The molecule has 176 valence electrons. The fraction of sp³-hybridized carbons (Fsp3) is 0.696. The topological polar surface area (TPSA) is 58.1 Å². The van der Waals surface area contributed by atoms with Crippen LogP contribution in [0.25, 0.3) is 0 Å². The molecule has 1 atom stereocenters. The van der Waals surface area contributed by atoms with E-state index < -0.39 is 0 Å². The average molecular weight is 563 g/mol. The molecule has 1 aromatic rings. The van der Waals surface area contributed by atoms with Gasteiger partial charge in [0.25, 0.3) is 0 Å². The monoisotopic (exact) mass is 562 g/mol. The summed E-state index contributed by atoms with van der Waals surface area (Å²) in [7, 11) is 3.57. The van der Waals surface area contributed by atoms with Crippen LogP contribution in [-0.2, 0) is 4.74 Å². The minimum Gasteiger partial charge on any atom is -0.497 e. The molecule has 1 unspecified atom stereocenters. The van der Waals surface area contributed by atoms with Gasteiger partial charge in [-0.25, -0.2) is 0 Å². The first-order valence-corrected chi connectivity index (χ1v) is 12.4. The van der Waals surface area contributed by atoms with E-state index in [9.17, 15) is 0 Å². The molecular formula is C23H39IN4O2S. The van der Waals surface area contributed by atoms with Crippen molar-refractivity contribution in [2.75, 3.05) is 59.8 Å². The van der Waals surface area contributed by atoms with Crippen LogP contribution in [0.15, 0.2) is 29.3 Å². The Labute approximate surface area is 209 Å². The maximum atomic E-state index is 5.57. The lowest BCUT2D eigenvalue weighted by Gasteiger charge is -2.37. The lowest BCUT2D eigenvalue weighted by molar-refractivity contribution is 0.0782. The van der Waals surface area contributed by atoms with Crippen LogP contribution in [-0.4, -0.2) is 75.4 Å². The maximum absolute atomic E-state index is 5.57. The number of benzene rings is 1. The number of nitrogens with zero attached hydrogens (tertiary/aromatic N) is 2. The summed E-state index contributed by atoms with van der Waals surface area (Å²) in [6.45, 7) is 5.75. The lowest BCUT2D eigenvalue weighted by Crippen LogP contribution is -2.49. The number of piperidine rings is 1. The lowest BCUT2D eigenvalue weighted by atomic mass is 9.99. The number of rotatable bonds is 8. The Kier molecular flexibility index (Phi) is 11.8. The van der Waals surface area contributed by atoms with E-state index in [2.05, 4.69) is 51.0 Å². The van der Waals surface area contributed by atoms with Gasteiger partial charge < -0.3 is 20.1 Å². The molecule has 0 bridgehead atoms. The van der Waals surface area contributed by atoms with Crippen LogP contribution in [0.4, 0.5) is 0 Å². The van der Waals surface area contributed by atoms with E-state index in [1.54, 1.807) is 7.11 Å². The summed E-state index contributed by atoms with van der Waals surface area (Å²) in [5.74, 6) is 1.78. The summed E-state index contributed by atoms with van der Waals surface area (Å²) in [5.41, 5.74) is 1.32. The number of likely N-dealkylation sites (tertiary alicyclic amines) is 1. The molecule has 0 spiro atoms. The van der Waals surface area contributed by atoms with Crippen molar-refractivity contribution < 1.29 is 9.47 Å². The molecule has 2 aliphatic rings. The van der Waals surface area contributed by atoms with Crippen molar-refractivity contribution in [2.24, 2.45) is 4.99 Å². The number of aliphatic imine (C=N–C) groups is 1. The van der Waals surface area contributed by atoms with Crippen molar-refractivity contribution in [3.8, 4) is 5.75 Å². The predicted octanol–water partition coefficient (Wildman–Crippen LogP) is 3.92. The first-order valence-electron chi connectivity index (χ1n) is 11.1. The molecule has 2 N–H and O–H groups in total. The highest BCUT2D eigenvalue weighted by Crippen LogP contribution is 2.33. The summed E-state index contributed by atoms with van der Waals surface area (Å²) in [5, 5.41) is 7.18. The highest BCUT2D eigenvalue weighted by Gasteiger charge is 2.32. The van der Waals surface area contributed by atoms with Gasteiger partial charge in [0.15, 0.2) is 5.96 Å². The Morgan fingerprint density at radius 1 is 1.16 bits per heavy atom. The number of hydrogen-bond donors (Lipinski definition) is 2. The van der Waals surface area contributed by atoms with Gasteiger partial charge in [-0.3, -0.25) is 9.89 Å². The number of ether oxygens (including phenoxy) is 2. The highest BCUT2D eigenvalue weighted by atomic mass is 127. The van der Waals surface area contributed by atoms with E-state index in [1.807, 2.05) is 18.8 Å². The Morgan fingerprint density at radius 3 is 2.42 bits per heavy atom. The number of nitrogens with one attached hydrogen (secondary N) is 2. The largest absolute Gasteiger partial charge is 0.497 e. The van der Waals surface area contributed by atoms with Crippen molar-refractivity contribution >= 4 is 41.7 Å². The van der Waals surface area contributed by atoms with E-state index in [4.69, 9.17) is 9.47 Å². The van der Waals surface area contributed by atoms with Crippen molar-refractivity contribution in [1.29, 1.82) is 0 Å². The Morgan fingerprint density at radius 2 is 1.84 bits per heavy atom. The van der Waals surface area contributed by atoms with Crippen LogP contribution < -0.4 is 15.4 Å². The molecule has 0 radical (unpaired) electrons. The zero-order chi connectivity index (χ0) is 21.2. The number of thioether (sulfide) groups is 1. The summed E-state index contributed by atoms with van der Waals surface area (Å²) >= 11 is 1.95. The van der Waals surface area contributed by atoms with Crippen molar-refractivity contribution in [3.63, 3.8) is 0 Å². The van der Waals surface area contributed by atoms with Crippen molar-refractivity contribution in [3.05, 3.63) is 29.8 Å². The molecule has 2 saturated heterocycles. The second-order valence-electron chi connectivity index (χ2n) is 8.19. The number of hydrogen-bond acceptors (Lipinski definition) is 5. The van der Waals surface area contributed by atoms with E-state index in [0.29, 0.717) is 6.04 Å². The van der Waals surface area contributed by atoms with Gasteiger partial charge in [-0.15, -0.1) is 24.0 Å². The van der Waals surface area contributed by atoms with Gasteiger partial charge >= 0.3 is 0 Å². The molecule has 2 heterocycles. The molecule has 31 heavy (non-hydrogen) atoms. The second kappa shape index (κ2) is 13.7. The number of halogens is 1. The second-order valence-corrected chi connectivity index (χ2v) is 9.47.